The largest absolute Gasteiger partial charge is 0.495 e. The second kappa shape index (κ2) is 11.1. The van der Waals surface area contributed by atoms with Gasteiger partial charge < -0.3 is 24.5 Å². The van der Waals surface area contributed by atoms with Gasteiger partial charge in [0.05, 0.1) is 31.0 Å². The summed E-state index contributed by atoms with van der Waals surface area (Å²) in [4.78, 5) is 34.8. The van der Waals surface area contributed by atoms with Gasteiger partial charge in [0.2, 0.25) is 5.96 Å². The minimum Gasteiger partial charge on any atom is -0.495 e. The van der Waals surface area contributed by atoms with Gasteiger partial charge in [0.25, 0.3) is 5.91 Å². The van der Waals surface area contributed by atoms with E-state index in [0.29, 0.717) is 27.5 Å². The van der Waals surface area contributed by atoms with Gasteiger partial charge in [-0.3, -0.25) is 10.1 Å². The molecule has 1 atom stereocenters. The van der Waals surface area contributed by atoms with Gasteiger partial charge in [-0.2, -0.15) is 4.98 Å². The van der Waals surface area contributed by atoms with Crippen molar-refractivity contribution in [3.63, 3.8) is 0 Å². The van der Waals surface area contributed by atoms with Crippen LogP contribution in [-0.2, 0) is 9.53 Å². The number of hydrogen-bond acceptors (Lipinski definition) is 9. The summed E-state index contributed by atoms with van der Waals surface area (Å²) in [5.41, 5.74) is 2.52. The summed E-state index contributed by atoms with van der Waals surface area (Å²) in [7, 11) is 2.72. The molecule has 3 N–H and O–H groups in total. The number of guanidine groups is 1. The SMILES string of the molecule is COC(=O)c1ccc(OC)c(NC(=O)C2=C(C)NC(Nc3nc4ccc(F)cc4o3)=NC2c2ccccc2Cl)c1. The number of rotatable bonds is 6. The van der Waals surface area contributed by atoms with Gasteiger partial charge in [0, 0.05) is 22.3 Å². The van der Waals surface area contributed by atoms with Gasteiger partial charge in [-0.15, -0.1) is 0 Å². The molecule has 0 saturated carbocycles. The first-order chi connectivity index (χ1) is 19.3. The van der Waals surface area contributed by atoms with Crippen LogP contribution in [-0.4, -0.2) is 37.0 Å². The Morgan fingerprint density at radius 3 is 2.65 bits per heavy atom. The third kappa shape index (κ3) is 5.32. The zero-order valence-corrected chi connectivity index (χ0v) is 22.3. The Morgan fingerprint density at radius 2 is 1.90 bits per heavy atom. The number of esters is 1. The fraction of sp³-hybridized carbons (Fsp3) is 0.143. The number of aromatic nitrogens is 1. The smallest absolute Gasteiger partial charge is 0.337 e. The van der Waals surface area contributed by atoms with Crippen molar-refractivity contribution in [2.45, 2.75) is 13.0 Å². The quantitative estimate of drug-likeness (QED) is 0.265. The highest BCUT2D eigenvalue weighted by molar-refractivity contribution is 6.31. The third-order valence-corrected chi connectivity index (χ3v) is 6.47. The lowest BCUT2D eigenvalue weighted by Crippen LogP contribution is -2.37. The van der Waals surface area contributed by atoms with E-state index in [1.807, 2.05) is 0 Å². The maximum atomic E-state index is 13.7. The van der Waals surface area contributed by atoms with Crippen LogP contribution in [0, 0.1) is 5.82 Å². The lowest BCUT2D eigenvalue weighted by atomic mass is 9.95. The molecule has 1 aromatic heterocycles. The summed E-state index contributed by atoms with van der Waals surface area (Å²) < 4.78 is 29.4. The molecule has 5 rings (SSSR count). The maximum absolute atomic E-state index is 13.7. The summed E-state index contributed by atoms with van der Waals surface area (Å²) in [5, 5.41) is 9.23. The highest BCUT2D eigenvalue weighted by Gasteiger charge is 2.31. The second-order valence-electron chi connectivity index (χ2n) is 8.68. The molecule has 0 radical (unpaired) electrons. The number of amides is 1. The number of fused-ring (bicyclic) bond motifs is 1. The molecule has 0 fully saturated rings. The molecular formula is C28H23ClFN5O5. The van der Waals surface area contributed by atoms with E-state index < -0.39 is 23.7 Å². The lowest BCUT2D eigenvalue weighted by Gasteiger charge is -2.27. The number of hydrogen-bond donors (Lipinski definition) is 3. The highest BCUT2D eigenvalue weighted by Crippen LogP contribution is 2.36. The van der Waals surface area contributed by atoms with E-state index in [0.717, 1.165) is 0 Å². The summed E-state index contributed by atoms with van der Waals surface area (Å²) >= 11 is 6.53. The average Bonchev–Trinajstić information content (AvgIpc) is 3.33. The van der Waals surface area contributed by atoms with Gasteiger partial charge in [-0.05, 0) is 43.3 Å². The highest BCUT2D eigenvalue weighted by atomic mass is 35.5. The first-order valence-corrected chi connectivity index (χ1v) is 12.4. The number of oxazole rings is 1. The van der Waals surface area contributed by atoms with Crippen LogP contribution in [0.1, 0.15) is 28.9 Å². The Morgan fingerprint density at radius 1 is 1.10 bits per heavy atom. The molecule has 40 heavy (non-hydrogen) atoms. The minimum absolute atomic E-state index is 0.0785. The van der Waals surface area contributed by atoms with Crippen LogP contribution in [0.2, 0.25) is 5.02 Å². The number of halogens is 2. The molecule has 0 saturated heterocycles. The zero-order chi connectivity index (χ0) is 28.4. The van der Waals surface area contributed by atoms with E-state index in [9.17, 15) is 14.0 Å². The van der Waals surface area contributed by atoms with Crippen molar-refractivity contribution in [3.8, 4) is 5.75 Å². The fourth-order valence-corrected chi connectivity index (χ4v) is 4.49. The summed E-state index contributed by atoms with van der Waals surface area (Å²) in [5.74, 6) is -0.948. The molecular weight excluding hydrogens is 541 g/mol. The fourth-order valence-electron chi connectivity index (χ4n) is 4.25. The first-order valence-electron chi connectivity index (χ1n) is 12.0. The number of benzene rings is 3. The van der Waals surface area contributed by atoms with E-state index in [-0.39, 0.29) is 34.4 Å². The third-order valence-electron chi connectivity index (χ3n) is 6.13. The Labute approximate surface area is 232 Å². The van der Waals surface area contributed by atoms with Crippen LogP contribution < -0.4 is 20.7 Å². The number of methoxy groups -OCH3 is 2. The van der Waals surface area contributed by atoms with Crippen molar-refractivity contribution in [2.75, 3.05) is 24.9 Å². The average molecular weight is 564 g/mol. The first kappa shape index (κ1) is 26.7. The predicted molar refractivity (Wildman–Crippen MR) is 148 cm³/mol. The topological polar surface area (TPSA) is 127 Å². The molecule has 1 aliphatic heterocycles. The number of carbonyl (C=O) groups is 2. The van der Waals surface area contributed by atoms with Gasteiger partial charge in [0.15, 0.2) is 5.58 Å². The summed E-state index contributed by atoms with van der Waals surface area (Å²) in [6.45, 7) is 1.71. The number of anilines is 2. The Hall–Kier alpha value is -4.90. The normalized spacial score (nSPS) is 14.8. The molecule has 0 bridgehead atoms. The molecule has 4 aromatic rings. The van der Waals surface area contributed by atoms with Crippen LogP contribution in [0.25, 0.3) is 11.1 Å². The van der Waals surface area contributed by atoms with E-state index >= 15 is 0 Å². The van der Waals surface area contributed by atoms with Crippen molar-refractivity contribution in [1.29, 1.82) is 0 Å². The molecule has 2 heterocycles. The molecule has 10 nitrogen and oxygen atoms in total. The van der Waals surface area contributed by atoms with E-state index in [1.165, 1.54) is 44.6 Å². The number of nitrogens with one attached hydrogen (secondary N) is 3. The number of ether oxygens (including phenoxy) is 2. The van der Waals surface area contributed by atoms with Crippen molar-refractivity contribution < 1.29 is 27.9 Å². The number of allylic oxidation sites excluding steroid dienone is 1. The van der Waals surface area contributed by atoms with E-state index in [1.54, 1.807) is 37.3 Å². The molecule has 12 heteroatoms. The minimum atomic E-state index is -0.839. The maximum Gasteiger partial charge on any atom is 0.337 e. The molecule has 3 aromatic carbocycles. The Balaban J connectivity index is 1.50. The molecule has 204 valence electrons. The summed E-state index contributed by atoms with van der Waals surface area (Å²) in [6.07, 6.45) is 0. The summed E-state index contributed by atoms with van der Waals surface area (Å²) in [6, 6.07) is 14.8. The van der Waals surface area contributed by atoms with Crippen molar-refractivity contribution in [2.24, 2.45) is 4.99 Å². The lowest BCUT2D eigenvalue weighted by molar-refractivity contribution is -0.113. The number of nitrogens with zero attached hydrogens (tertiary/aromatic N) is 2. The van der Waals surface area contributed by atoms with Gasteiger partial charge in [0.1, 0.15) is 23.1 Å². The van der Waals surface area contributed by atoms with Crippen LogP contribution in [0.3, 0.4) is 0 Å². The molecule has 0 aliphatic carbocycles. The molecule has 1 unspecified atom stereocenters. The van der Waals surface area contributed by atoms with Gasteiger partial charge >= 0.3 is 12.0 Å². The van der Waals surface area contributed by atoms with Crippen LogP contribution >= 0.6 is 11.6 Å². The van der Waals surface area contributed by atoms with Gasteiger partial charge in [-0.1, -0.05) is 29.8 Å². The van der Waals surface area contributed by atoms with Crippen molar-refractivity contribution >= 4 is 52.2 Å². The van der Waals surface area contributed by atoms with Crippen molar-refractivity contribution in [1.82, 2.24) is 10.3 Å². The Kier molecular flexibility index (Phi) is 7.39. The zero-order valence-electron chi connectivity index (χ0n) is 21.5. The monoisotopic (exact) mass is 563 g/mol. The van der Waals surface area contributed by atoms with E-state index in [4.69, 9.17) is 30.5 Å². The van der Waals surface area contributed by atoms with Crippen molar-refractivity contribution in [3.05, 3.63) is 93.9 Å². The van der Waals surface area contributed by atoms with E-state index in [2.05, 4.69) is 20.9 Å². The van der Waals surface area contributed by atoms with Gasteiger partial charge in [-0.25, -0.2) is 14.2 Å². The standard InChI is InChI=1S/C28H23ClFN5O5/c1-14-23(25(36)32-20-12-15(26(37)39-3)8-11-21(20)38-2)24(17-6-4-5-7-18(17)29)34-27(31-14)35-28-33-19-10-9-16(30)13-22(19)40-28/h4-13,24H,1-3H3,(H,32,36)(H2,31,33,34,35). The molecule has 0 spiro atoms. The molecule has 1 amide bonds. The van der Waals surface area contributed by atoms with Crippen LogP contribution in [0.5, 0.6) is 5.75 Å². The second-order valence-corrected chi connectivity index (χ2v) is 9.09. The Bertz CT molecular complexity index is 1700. The molecule has 1 aliphatic rings. The number of aliphatic imine (C=N–C) groups is 1. The predicted octanol–water partition coefficient (Wildman–Crippen LogP) is 5.44. The van der Waals surface area contributed by atoms with Crippen LogP contribution in [0.4, 0.5) is 16.1 Å². The number of carbonyl (C=O) groups excluding carboxylic acids is 2. The van der Waals surface area contributed by atoms with Crippen LogP contribution in [0.15, 0.2) is 81.3 Å².